The van der Waals surface area contributed by atoms with Crippen LogP contribution in [0.5, 0.6) is 5.75 Å². The zero-order valence-electron chi connectivity index (χ0n) is 32.3. The lowest BCUT2D eigenvalue weighted by Gasteiger charge is -2.34. The Labute approximate surface area is 339 Å². The Kier molecular flexibility index (Phi) is 8.80. The van der Waals surface area contributed by atoms with Gasteiger partial charge in [0.15, 0.2) is 11.6 Å². The Morgan fingerprint density at radius 1 is 0.586 bits per heavy atom. The number of allylic oxidation sites excluding steroid dienone is 4. The van der Waals surface area contributed by atoms with Crippen molar-refractivity contribution in [3.05, 3.63) is 240 Å². The van der Waals surface area contributed by atoms with E-state index >= 15 is 0 Å². The minimum absolute atomic E-state index is 0.434. The monoisotopic (exact) mass is 747 g/mol. The molecule has 0 aliphatic carbocycles. The second-order valence-electron chi connectivity index (χ2n) is 15.1. The number of nitrogens with zero attached hydrogens (tertiary/aromatic N) is 2. The number of amidine groups is 1. The SMILES string of the molecule is C=C1N=C2C=CC(c3ccc4cc(-c5ccc(-c6ccc(C7=CCNC=C7)cc6)c(C(C)(c6ccccc6)c6ccccc6)c5)ccc4c3)=CN2Oc2ccccc21. The number of nitrogens with one attached hydrogen (secondary N) is 1. The van der Waals surface area contributed by atoms with E-state index in [9.17, 15) is 0 Å². The van der Waals surface area contributed by atoms with Crippen LogP contribution in [0.4, 0.5) is 0 Å². The Morgan fingerprint density at radius 2 is 1.21 bits per heavy atom. The summed E-state index contributed by atoms with van der Waals surface area (Å²) in [5, 5.41) is 7.34. The van der Waals surface area contributed by atoms with E-state index in [1.54, 1.807) is 5.06 Å². The molecule has 0 spiro atoms. The van der Waals surface area contributed by atoms with Crippen molar-refractivity contribution in [1.29, 1.82) is 0 Å². The van der Waals surface area contributed by atoms with Gasteiger partial charge in [0.2, 0.25) is 0 Å². The lowest BCUT2D eigenvalue weighted by molar-refractivity contribution is 0.0742. The highest BCUT2D eigenvalue weighted by molar-refractivity contribution is 6.03. The third-order valence-corrected chi connectivity index (χ3v) is 11.7. The van der Waals surface area contributed by atoms with Crippen LogP contribution in [-0.2, 0) is 5.41 Å². The van der Waals surface area contributed by atoms with E-state index in [4.69, 9.17) is 9.83 Å². The summed E-state index contributed by atoms with van der Waals surface area (Å²) in [6.07, 6.45) is 12.5. The number of aliphatic imine (C=N–C) groups is 1. The number of hydroxylamine groups is 2. The molecule has 3 aliphatic heterocycles. The molecule has 10 rings (SSSR count). The van der Waals surface area contributed by atoms with E-state index in [1.165, 1.54) is 60.9 Å². The molecule has 0 bridgehead atoms. The maximum Gasteiger partial charge on any atom is 0.169 e. The highest BCUT2D eigenvalue weighted by Crippen LogP contribution is 2.45. The molecule has 4 nitrogen and oxygen atoms in total. The van der Waals surface area contributed by atoms with Gasteiger partial charge < -0.3 is 10.2 Å². The molecule has 7 aromatic rings. The van der Waals surface area contributed by atoms with Crippen LogP contribution >= 0.6 is 0 Å². The first kappa shape index (κ1) is 35.0. The molecule has 0 saturated carbocycles. The number of para-hydroxylation sites is 1. The smallest absolute Gasteiger partial charge is 0.169 e. The van der Waals surface area contributed by atoms with Crippen molar-refractivity contribution in [1.82, 2.24) is 10.4 Å². The molecule has 278 valence electrons. The van der Waals surface area contributed by atoms with Crippen molar-refractivity contribution < 1.29 is 4.84 Å². The molecule has 3 aliphatic rings. The molecule has 7 aromatic carbocycles. The third kappa shape index (κ3) is 6.35. The Hall–Kier alpha value is -7.43. The number of rotatable bonds is 7. The van der Waals surface area contributed by atoms with E-state index in [0.29, 0.717) is 11.5 Å². The summed E-state index contributed by atoms with van der Waals surface area (Å²) >= 11 is 0. The van der Waals surface area contributed by atoms with Gasteiger partial charge in [-0.25, -0.2) is 4.99 Å². The normalized spacial score (nSPS) is 14.7. The van der Waals surface area contributed by atoms with Crippen LogP contribution < -0.4 is 10.2 Å². The Bertz CT molecular complexity index is 2840. The van der Waals surface area contributed by atoms with Crippen LogP contribution in [0.15, 0.2) is 212 Å². The quantitative estimate of drug-likeness (QED) is 0.165. The van der Waals surface area contributed by atoms with Gasteiger partial charge in [-0.2, -0.15) is 5.06 Å². The third-order valence-electron chi connectivity index (χ3n) is 11.7. The standard InChI is InChI=1S/C54H41N3O/c1-37-49-15-9-10-16-52(49)58-57-36-46(26-28-53(57)56-37)44-24-23-41-33-43(22-21-42(41)34-44)45-25-27-50(40-19-17-38(18-20-40)39-29-31-55-32-30-39)51(35-45)54(2,47-11-5-3-6-12-47)48-13-7-4-8-14-48/h3-31,33-36,55H,1,32H2,2H3. The fourth-order valence-corrected chi connectivity index (χ4v) is 8.42. The molecule has 4 heteroatoms. The first-order chi connectivity index (χ1) is 28.5. The van der Waals surface area contributed by atoms with Crippen molar-refractivity contribution in [2.75, 3.05) is 6.54 Å². The van der Waals surface area contributed by atoms with Crippen LogP contribution in [0.2, 0.25) is 0 Å². The number of dihydropyridines is 1. The van der Waals surface area contributed by atoms with Crippen molar-refractivity contribution in [2.24, 2.45) is 4.99 Å². The lowest BCUT2D eigenvalue weighted by atomic mass is 9.68. The Morgan fingerprint density at radius 3 is 1.93 bits per heavy atom. The van der Waals surface area contributed by atoms with Crippen molar-refractivity contribution >= 4 is 33.5 Å². The second kappa shape index (κ2) is 14.6. The summed E-state index contributed by atoms with van der Waals surface area (Å²) in [7, 11) is 0. The average Bonchev–Trinajstić information content (AvgIpc) is 3.44. The van der Waals surface area contributed by atoms with Gasteiger partial charge in [-0.05, 0) is 128 Å². The highest BCUT2D eigenvalue weighted by atomic mass is 16.7. The van der Waals surface area contributed by atoms with Crippen molar-refractivity contribution in [2.45, 2.75) is 12.3 Å². The van der Waals surface area contributed by atoms with Gasteiger partial charge in [-0.15, -0.1) is 0 Å². The van der Waals surface area contributed by atoms with Crippen LogP contribution in [0.25, 0.3) is 49.9 Å². The summed E-state index contributed by atoms with van der Waals surface area (Å²) in [6, 6.07) is 59.2. The molecule has 0 aromatic heterocycles. The molecule has 0 atom stereocenters. The number of hydrogen-bond acceptors (Lipinski definition) is 4. The highest BCUT2D eigenvalue weighted by Gasteiger charge is 2.34. The first-order valence-electron chi connectivity index (χ1n) is 19.8. The van der Waals surface area contributed by atoms with E-state index in [1.807, 2.05) is 42.7 Å². The zero-order chi connectivity index (χ0) is 39.1. The molecule has 58 heavy (non-hydrogen) atoms. The second-order valence-corrected chi connectivity index (χ2v) is 15.1. The predicted octanol–water partition coefficient (Wildman–Crippen LogP) is 12.6. The molecular weight excluding hydrogens is 707 g/mol. The van der Waals surface area contributed by atoms with Gasteiger partial charge in [-0.1, -0.05) is 146 Å². The topological polar surface area (TPSA) is 36.9 Å². The average molecular weight is 748 g/mol. The summed E-state index contributed by atoms with van der Waals surface area (Å²) < 4.78 is 0. The fraction of sp³-hybridized carbons (Fsp3) is 0.0556. The van der Waals surface area contributed by atoms with Gasteiger partial charge in [0, 0.05) is 23.1 Å². The zero-order valence-corrected chi connectivity index (χ0v) is 32.3. The number of benzene rings is 7. The number of hydrogen-bond donors (Lipinski definition) is 1. The van der Waals surface area contributed by atoms with Crippen molar-refractivity contribution in [3.8, 4) is 28.0 Å². The maximum absolute atomic E-state index is 6.30. The molecular formula is C54H41N3O. The van der Waals surface area contributed by atoms with Crippen LogP contribution in [0.3, 0.4) is 0 Å². The number of fused-ring (bicyclic) bond motifs is 3. The van der Waals surface area contributed by atoms with Crippen LogP contribution in [0.1, 0.15) is 40.3 Å². The predicted molar refractivity (Wildman–Crippen MR) is 241 cm³/mol. The summed E-state index contributed by atoms with van der Waals surface area (Å²) in [5.41, 5.74) is 14.2. The summed E-state index contributed by atoms with van der Waals surface area (Å²) in [5.74, 6) is 1.42. The van der Waals surface area contributed by atoms with Crippen LogP contribution in [0, 0.1) is 0 Å². The minimum atomic E-state index is -0.434. The van der Waals surface area contributed by atoms with Gasteiger partial charge in [-0.3, -0.25) is 0 Å². The lowest BCUT2D eigenvalue weighted by Crippen LogP contribution is -2.29. The molecule has 0 saturated heterocycles. The molecule has 0 fully saturated rings. The molecule has 0 amide bonds. The molecule has 1 N–H and O–H groups in total. The fourth-order valence-electron chi connectivity index (χ4n) is 8.42. The molecule has 3 heterocycles. The molecule has 0 radical (unpaired) electrons. The van der Waals surface area contributed by atoms with E-state index < -0.39 is 5.41 Å². The largest absolute Gasteiger partial charge is 0.387 e. The van der Waals surface area contributed by atoms with Gasteiger partial charge in [0.05, 0.1) is 11.9 Å². The van der Waals surface area contributed by atoms with Gasteiger partial charge in [0.1, 0.15) is 0 Å². The summed E-state index contributed by atoms with van der Waals surface area (Å²) in [4.78, 5) is 11.0. The van der Waals surface area contributed by atoms with Crippen LogP contribution in [-0.4, -0.2) is 17.4 Å². The van der Waals surface area contributed by atoms with Gasteiger partial charge in [0.25, 0.3) is 0 Å². The van der Waals surface area contributed by atoms with E-state index in [2.05, 4.69) is 177 Å². The Balaban J connectivity index is 1.04. The first-order valence-corrected chi connectivity index (χ1v) is 19.8. The van der Waals surface area contributed by atoms with E-state index in [-0.39, 0.29) is 0 Å². The van der Waals surface area contributed by atoms with E-state index in [0.717, 1.165) is 29.0 Å². The maximum atomic E-state index is 6.30. The molecule has 0 unspecified atom stereocenters. The van der Waals surface area contributed by atoms with Crippen molar-refractivity contribution in [3.63, 3.8) is 0 Å². The van der Waals surface area contributed by atoms with Gasteiger partial charge >= 0.3 is 0 Å². The summed E-state index contributed by atoms with van der Waals surface area (Å²) in [6.45, 7) is 7.39. The minimum Gasteiger partial charge on any atom is -0.387 e.